The fraction of sp³-hybridized carbons (Fsp3) is 0.348. The molecule has 3 amide bonds. The summed E-state index contributed by atoms with van der Waals surface area (Å²) in [6.45, 7) is 7.68. The quantitative estimate of drug-likeness (QED) is 0.622. The van der Waals surface area contributed by atoms with Gasteiger partial charge in [0, 0.05) is 0 Å². The van der Waals surface area contributed by atoms with Crippen molar-refractivity contribution < 1.29 is 19.1 Å². The van der Waals surface area contributed by atoms with Gasteiger partial charge in [0.05, 0.1) is 0 Å². The molecule has 0 aromatic heterocycles. The molecule has 0 spiro atoms. The Labute approximate surface area is 170 Å². The van der Waals surface area contributed by atoms with Gasteiger partial charge in [-0.2, -0.15) is 0 Å². The monoisotopic (exact) mass is 394 g/mol. The van der Waals surface area contributed by atoms with Crippen molar-refractivity contribution >= 4 is 17.9 Å². The number of nitrogens with zero attached hydrogens (tertiary/aromatic N) is 1. The van der Waals surface area contributed by atoms with Gasteiger partial charge in [-0.1, -0.05) is 75.4 Å². The molecule has 1 saturated heterocycles. The minimum atomic E-state index is -1.19. The van der Waals surface area contributed by atoms with Crippen molar-refractivity contribution in [2.24, 2.45) is 0 Å². The first-order chi connectivity index (χ1) is 13.6. The molecule has 1 aliphatic rings. The van der Waals surface area contributed by atoms with E-state index in [1.807, 2.05) is 30.3 Å². The van der Waals surface area contributed by atoms with Gasteiger partial charge in [-0.15, -0.1) is 0 Å². The molecule has 0 aliphatic carbocycles. The predicted octanol–water partition coefficient (Wildman–Crippen LogP) is 3.49. The number of amides is 3. The number of urea groups is 1. The molecule has 0 radical (unpaired) electrons. The second kappa shape index (κ2) is 7.70. The van der Waals surface area contributed by atoms with Gasteiger partial charge in [-0.3, -0.25) is 14.5 Å². The maximum Gasteiger partial charge on any atom is 0.326 e. The second-order valence-corrected chi connectivity index (χ2v) is 8.42. The molecule has 1 N–H and O–H groups in total. The van der Waals surface area contributed by atoms with E-state index in [9.17, 15) is 14.4 Å². The lowest BCUT2D eigenvalue weighted by Crippen LogP contribution is -2.41. The minimum absolute atomic E-state index is 0.0457. The smallest absolute Gasteiger partial charge is 0.326 e. The molecule has 29 heavy (non-hydrogen) atoms. The third kappa shape index (κ3) is 4.31. The van der Waals surface area contributed by atoms with Gasteiger partial charge < -0.3 is 10.1 Å². The Bertz CT molecular complexity index is 916. The Hall–Kier alpha value is -3.15. The van der Waals surface area contributed by atoms with Crippen LogP contribution in [0.2, 0.25) is 0 Å². The van der Waals surface area contributed by atoms with Gasteiger partial charge in [0.15, 0.2) is 0 Å². The second-order valence-electron chi connectivity index (χ2n) is 8.42. The highest BCUT2D eigenvalue weighted by Gasteiger charge is 2.49. The summed E-state index contributed by atoms with van der Waals surface area (Å²) < 4.78 is 5.27. The molecule has 1 fully saturated rings. The van der Waals surface area contributed by atoms with Crippen LogP contribution in [-0.4, -0.2) is 29.4 Å². The molecule has 0 saturated carbocycles. The van der Waals surface area contributed by atoms with E-state index in [4.69, 9.17) is 4.74 Å². The lowest BCUT2D eigenvalue weighted by Gasteiger charge is -2.22. The van der Waals surface area contributed by atoms with Crippen molar-refractivity contribution in [1.82, 2.24) is 10.2 Å². The van der Waals surface area contributed by atoms with E-state index in [2.05, 4.69) is 26.1 Å². The van der Waals surface area contributed by atoms with E-state index in [-0.39, 0.29) is 12.0 Å². The van der Waals surface area contributed by atoms with E-state index in [1.165, 1.54) is 5.56 Å². The normalized spacial score (nSPS) is 19.2. The van der Waals surface area contributed by atoms with Crippen LogP contribution in [0.4, 0.5) is 4.79 Å². The van der Waals surface area contributed by atoms with Gasteiger partial charge in [0.25, 0.3) is 5.91 Å². The first kappa shape index (κ1) is 20.6. The first-order valence-corrected chi connectivity index (χ1v) is 9.56. The lowest BCUT2D eigenvalue weighted by molar-refractivity contribution is -0.148. The third-order valence-electron chi connectivity index (χ3n) is 5.13. The first-order valence-electron chi connectivity index (χ1n) is 9.56. The molecule has 0 bridgehead atoms. The Morgan fingerprint density at radius 1 is 1.03 bits per heavy atom. The van der Waals surface area contributed by atoms with Gasteiger partial charge in [0.1, 0.15) is 18.7 Å². The Morgan fingerprint density at radius 3 is 2.24 bits per heavy atom. The average molecular weight is 394 g/mol. The molecule has 6 heteroatoms. The number of carbonyl (C=O) groups excluding carboxylic acids is 3. The van der Waals surface area contributed by atoms with Crippen LogP contribution < -0.4 is 5.32 Å². The van der Waals surface area contributed by atoms with Crippen LogP contribution in [0.5, 0.6) is 0 Å². The van der Waals surface area contributed by atoms with E-state index in [0.717, 1.165) is 10.5 Å². The van der Waals surface area contributed by atoms with E-state index < -0.39 is 30.0 Å². The van der Waals surface area contributed by atoms with Gasteiger partial charge in [0.2, 0.25) is 0 Å². The third-order valence-corrected chi connectivity index (χ3v) is 5.13. The van der Waals surface area contributed by atoms with Gasteiger partial charge in [-0.05, 0) is 29.0 Å². The van der Waals surface area contributed by atoms with E-state index >= 15 is 0 Å². The van der Waals surface area contributed by atoms with Gasteiger partial charge >= 0.3 is 12.0 Å². The van der Waals surface area contributed by atoms with Crippen molar-refractivity contribution in [3.8, 4) is 0 Å². The zero-order valence-corrected chi connectivity index (χ0v) is 17.2. The van der Waals surface area contributed by atoms with E-state index in [0.29, 0.717) is 5.56 Å². The summed E-state index contributed by atoms with van der Waals surface area (Å²) in [6, 6.07) is 16.2. The minimum Gasteiger partial charge on any atom is -0.459 e. The summed E-state index contributed by atoms with van der Waals surface area (Å²) in [4.78, 5) is 38.3. The van der Waals surface area contributed by atoms with Crippen LogP contribution >= 0.6 is 0 Å². The summed E-state index contributed by atoms with van der Waals surface area (Å²) in [5, 5.41) is 2.68. The summed E-state index contributed by atoms with van der Waals surface area (Å²) >= 11 is 0. The fourth-order valence-corrected chi connectivity index (χ4v) is 3.25. The number of carbonyl (C=O) groups is 3. The number of esters is 1. The molecule has 152 valence electrons. The zero-order chi connectivity index (χ0) is 21.2. The predicted molar refractivity (Wildman–Crippen MR) is 109 cm³/mol. The molecule has 1 atom stereocenters. The average Bonchev–Trinajstić information content (AvgIpc) is 2.91. The Balaban J connectivity index is 1.61. The summed E-state index contributed by atoms with van der Waals surface area (Å²) in [7, 11) is 0. The molecule has 0 unspecified atom stereocenters. The number of imide groups is 1. The maximum absolute atomic E-state index is 12.8. The molecular formula is C23H26N2O4. The summed E-state index contributed by atoms with van der Waals surface area (Å²) in [6.07, 6.45) is 0. The lowest BCUT2D eigenvalue weighted by atomic mass is 9.87. The van der Waals surface area contributed by atoms with Crippen LogP contribution in [0.1, 0.15) is 44.4 Å². The van der Waals surface area contributed by atoms with E-state index in [1.54, 1.807) is 31.2 Å². The van der Waals surface area contributed by atoms with Crippen LogP contribution in [0.15, 0.2) is 54.6 Å². The molecule has 3 rings (SSSR count). The van der Waals surface area contributed by atoms with Crippen molar-refractivity contribution in [2.45, 2.75) is 45.3 Å². The fourth-order valence-electron chi connectivity index (χ4n) is 3.25. The highest BCUT2D eigenvalue weighted by Crippen LogP contribution is 2.28. The zero-order valence-electron chi connectivity index (χ0n) is 17.2. The molecule has 2 aromatic carbocycles. The van der Waals surface area contributed by atoms with Crippen LogP contribution in [-0.2, 0) is 31.9 Å². The maximum atomic E-state index is 12.8. The molecule has 1 heterocycles. The SMILES string of the molecule is CC(C)(C)c1ccc(COC(=O)CN2C(=O)N[C@@](C)(c3ccccc3)C2=O)cc1. The van der Waals surface area contributed by atoms with Crippen molar-refractivity contribution in [1.29, 1.82) is 0 Å². The van der Waals surface area contributed by atoms with Gasteiger partial charge in [-0.25, -0.2) is 4.79 Å². The van der Waals surface area contributed by atoms with Crippen LogP contribution in [0.3, 0.4) is 0 Å². The summed E-state index contributed by atoms with van der Waals surface area (Å²) in [5.74, 6) is -1.11. The molecule has 2 aromatic rings. The highest BCUT2D eigenvalue weighted by molar-refractivity contribution is 6.08. The summed E-state index contributed by atoms with van der Waals surface area (Å²) in [5.41, 5.74) is 1.55. The van der Waals surface area contributed by atoms with Crippen molar-refractivity contribution in [3.63, 3.8) is 0 Å². The van der Waals surface area contributed by atoms with Crippen LogP contribution in [0.25, 0.3) is 0 Å². The van der Waals surface area contributed by atoms with Crippen LogP contribution in [0, 0.1) is 0 Å². The Morgan fingerprint density at radius 2 is 1.66 bits per heavy atom. The van der Waals surface area contributed by atoms with Crippen molar-refractivity contribution in [2.75, 3.05) is 6.54 Å². The number of rotatable bonds is 5. The largest absolute Gasteiger partial charge is 0.459 e. The number of nitrogens with one attached hydrogen (secondary N) is 1. The molecule has 1 aliphatic heterocycles. The Kier molecular flexibility index (Phi) is 5.46. The topological polar surface area (TPSA) is 75.7 Å². The van der Waals surface area contributed by atoms with Crippen molar-refractivity contribution in [3.05, 3.63) is 71.3 Å². The number of hydrogen-bond donors (Lipinski definition) is 1. The number of hydrogen-bond acceptors (Lipinski definition) is 4. The standard InChI is InChI=1S/C23H26N2O4/c1-22(2,3)17-12-10-16(11-13-17)15-29-19(26)14-25-20(27)23(4,24-21(25)28)18-8-6-5-7-9-18/h5-13H,14-15H2,1-4H3,(H,24,28)/t23-/m0/s1. The number of ether oxygens (including phenoxy) is 1. The highest BCUT2D eigenvalue weighted by atomic mass is 16.5. The number of benzene rings is 2. The molecular weight excluding hydrogens is 368 g/mol. The molecule has 6 nitrogen and oxygen atoms in total.